The highest BCUT2D eigenvalue weighted by atomic mass is 16.7. The van der Waals surface area contributed by atoms with Crippen LogP contribution in [0.2, 0.25) is 0 Å². The Bertz CT molecular complexity index is 865. The van der Waals surface area contributed by atoms with Gasteiger partial charge in [-0.3, -0.25) is 4.90 Å². The zero-order valence-corrected chi connectivity index (χ0v) is 17.4. The summed E-state index contributed by atoms with van der Waals surface area (Å²) < 4.78 is 24.4. The van der Waals surface area contributed by atoms with Crippen LogP contribution in [0.4, 0.5) is 0 Å². The molecule has 7 heteroatoms. The maximum atomic E-state index is 12.2. The number of esters is 1. The molecule has 7 nitrogen and oxygen atoms in total. The van der Waals surface area contributed by atoms with Gasteiger partial charge in [0.25, 0.3) is 0 Å². The van der Waals surface area contributed by atoms with Crippen molar-refractivity contribution in [3.63, 3.8) is 0 Å². The number of allylic oxidation sites excluding steroid dienone is 1. The minimum Gasteiger partial charge on any atom is -0.492 e. The van der Waals surface area contributed by atoms with Gasteiger partial charge in [-0.15, -0.1) is 0 Å². The lowest BCUT2D eigenvalue weighted by atomic mass is 9.68. The lowest BCUT2D eigenvalue weighted by molar-refractivity contribution is -0.257. The average molecular weight is 403 g/mol. The molecular formula is C22H29NO6. The van der Waals surface area contributed by atoms with Gasteiger partial charge in [-0.25, -0.2) is 4.79 Å². The molecule has 0 saturated carbocycles. The Labute approximate surface area is 170 Å². The van der Waals surface area contributed by atoms with Crippen molar-refractivity contribution in [3.8, 4) is 0 Å². The van der Waals surface area contributed by atoms with Crippen molar-refractivity contribution >= 4 is 5.97 Å². The summed E-state index contributed by atoms with van der Waals surface area (Å²) in [5, 5.41) is 11.3. The number of piperidine rings is 1. The second-order valence-corrected chi connectivity index (χ2v) is 9.52. The molecule has 9 atom stereocenters. The van der Waals surface area contributed by atoms with Crippen LogP contribution in [0.3, 0.4) is 0 Å². The number of hydrogen-bond acceptors (Lipinski definition) is 7. The zero-order valence-electron chi connectivity index (χ0n) is 17.4. The van der Waals surface area contributed by atoms with Crippen molar-refractivity contribution in [2.45, 2.75) is 76.0 Å². The normalized spacial score (nSPS) is 52.2. The predicted molar refractivity (Wildman–Crippen MR) is 101 cm³/mol. The van der Waals surface area contributed by atoms with Crippen LogP contribution >= 0.6 is 0 Å². The molecule has 6 rings (SSSR count). The number of carbonyl (C=O) groups excluding carboxylic acids is 1. The molecule has 6 aliphatic rings. The van der Waals surface area contributed by atoms with Gasteiger partial charge in [0.05, 0.1) is 36.3 Å². The number of hydrogen-bond donors (Lipinski definition) is 1. The summed E-state index contributed by atoms with van der Waals surface area (Å²) in [4.78, 5) is 14.7. The van der Waals surface area contributed by atoms with E-state index < -0.39 is 11.9 Å². The lowest BCUT2D eigenvalue weighted by Crippen LogP contribution is -2.65. The average Bonchev–Trinajstić information content (AvgIpc) is 3.40. The van der Waals surface area contributed by atoms with E-state index >= 15 is 0 Å². The molecule has 6 aliphatic heterocycles. The molecule has 158 valence electrons. The first-order chi connectivity index (χ1) is 13.9. The van der Waals surface area contributed by atoms with Gasteiger partial charge in [-0.05, 0) is 32.7 Å². The molecule has 1 spiro atoms. The zero-order chi connectivity index (χ0) is 20.3. The summed E-state index contributed by atoms with van der Waals surface area (Å²) in [5.41, 5.74) is 0.131. The number of rotatable bonds is 4. The third-order valence-electron chi connectivity index (χ3n) is 8.57. The smallest absolute Gasteiger partial charge is 0.343 e. The van der Waals surface area contributed by atoms with Gasteiger partial charge in [-0.1, -0.05) is 20.3 Å². The maximum absolute atomic E-state index is 12.2. The Morgan fingerprint density at radius 2 is 2.21 bits per heavy atom. The van der Waals surface area contributed by atoms with Crippen LogP contribution in [-0.2, 0) is 23.7 Å². The Hall–Kier alpha value is -1.57. The van der Waals surface area contributed by atoms with E-state index in [2.05, 4.69) is 18.7 Å². The van der Waals surface area contributed by atoms with Crippen LogP contribution in [0.15, 0.2) is 22.9 Å². The number of cyclic esters (lactones) is 1. The van der Waals surface area contributed by atoms with Crippen LogP contribution in [0, 0.1) is 17.8 Å². The minimum atomic E-state index is -0.737. The number of methoxy groups -OCH3 is 1. The van der Waals surface area contributed by atoms with Gasteiger partial charge in [0, 0.05) is 17.9 Å². The Morgan fingerprint density at radius 3 is 2.93 bits per heavy atom. The van der Waals surface area contributed by atoms with E-state index in [9.17, 15) is 9.90 Å². The highest BCUT2D eigenvalue weighted by Gasteiger charge is 2.85. The van der Waals surface area contributed by atoms with Crippen molar-refractivity contribution in [2.24, 2.45) is 17.8 Å². The van der Waals surface area contributed by atoms with Crippen LogP contribution in [0.25, 0.3) is 0 Å². The van der Waals surface area contributed by atoms with E-state index in [1.807, 2.05) is 0 Å². The van der Waals surface area contributed by atoms with Crippen LogP contribution in [-0.4, -0.2) is 59.2 Å². The van der Waals surface area contributed by atoms with Crippen molar-refractivity contribution in [1.29, 1.82) is 0 Å². The number of aliphatic hydroxyl groups excluding tert-OH is 1. The molecule has 5 fully saturated rings. The second-order valence-electron chi connectivity index (χ2n) is 9.52. The molecular weight excluding hydrogens is 374 g/mol. The number of fused-ring (bicyclic) bond motifs is 1. The van der Waals surface area contributed by atoms with E-state index in [1.165, 1.54) is 0 Å². The fourth-order valence-electron chi connectivity index (χ4n) is 7.74. The molecule has 6 heterocycles. The second kappa shape index (κ2) is 5.56. The van der Waals surface area contributed by atoms with E-state index in [0.29, 0.717) is 28.9 Å². The van der Waals surface area contributed by atoms with Gasteiger partial charge >= 0.3 is 5.97 Å². The molecule has 0 aromatic heterocycles. The predicted octanol–water partition coefficient (Wildman–Crippen LogP) is 2.06. The molecule has 5 bridgehead atoms. The van der Waals surface area contributed by atoms with Crippen molar-refractivity contribution in [3.05, 3.63) is 22.9 Å². The summed E-state index contributed by atoms with van der Waals surface area (Å²) >= 11 is 0. The SMILES string of the molecule is CCC[C@@H](O)[C@@]12[C@@H]3CCN1[C@H]1C[C@H]2O[C@@]32O/C(=C3\OC(=O)C(C)=C3OC)[C@@H](C)[C@H]12. The summed E-state index contributed by atoms with van der Waals surface area (Å²) in [7, 11) is 1.55. The monoisotopic (exact) mass is 403 g/mol. The summed E-state index contributed by atoms with van der Waals surface area (Å²) in [5.74, 6) is 0.736. The minimum absolute atomic E-state index is 0.000322. The lowest BCUT2D eigenvalue weighted by Gasteiger charge is -2.49. The number of aliphatic hydroxyl groups is 1. The standard InChI is InChI=1S/C22H29NO6/c1-5-6-14(24)21-13-7-8-23(21)12-9-15(21)28-22(13)16(12)10(2)18(29-22)19-17(26-4)11(3)20(25)27-19/h10,12-16,24H,5-9H2,1-4H3/b19-18-/t10-,12-,13-,14+,15+,16+,21+,22+/m0/s1. The summed E-state index contributed by atoms with van der Waals surface area (Å²) in [6.07, 6.45) is 3.21. The molecule has 29 heavy (non-hydrogen) atoms. The van der Waals surface area contributed by atoms with Crippen molar-refractivity contribution < 1.29 is 28.8 Å². The molecule has 5 saturated heterocycles. The Kier molecular flexibility index (Phi) is 3.49. The molecule has 0 aliphatic carbocycles. The van der Waals surface area contributed by atoms with Gasteiger partial charge in [0.15, 0.2) is 5.76 Å². The maximum Gasteiger partial charge on any atom is 0.343 e. The fraction of sp³-hybridized carbons (Fsp3) is 0.773. The van der Waals surface area contributed by atoms with Crippen LogP contribution in [0.5, 0.6) is 0 Å². The third kappa shape index (κ3) is 1.77. The number of carbonyl (C=O) groups is 1. The van der Waals surface area contributed by atoms with Gasteiger partial charge < -0.3 is 24.1 Å². The third-order valence-corrected chi connectivity index (χ3v) is 8.57. The number of ether oxygens (including phenoxy) is 4. The summed E-state index contributed by atoms with van der Waals surface area (Å²) in [6.45, 7) is 6.96. The van der Waals surface area contributed by atoms with Crippen molar-refractivity contribution in [2.75, 3.05) is 13.7 Å². The van der Waals surface area contributed by atoms with E-state index in [0.717, 1.165) is 32.2 Å². The van der Waals surface area contributed by atoms with Gasteiger partial charge in [-0.2, -0.15) is 0 Å². The van der Waals surface area contributed by atoms with Crippen molar-refractivity contribution in [1.82, 2.24) is 4.90 Å². The summed E-state index contributed by atoms with van der Waals surface area (Å²) in [6, 6.07) is 0.320. The van der Waals surface area contributed by atoms with Crippen LogP contribution in [0.1, 0.15) is 46.5 Å². The van der Waals surface area contributed by atoms with Gasteiger partial charge in [0.1, 0.15) is 5.76 Å². The molecule has 0 amide bonds. The van der Waals surface area contributed by atoms with E-state index in [-0.39, 0.29) is 35.4 Å². The first kappa shape index (κ1) is 18.2. The van der Waals surface area contributed by atoms with E-state index in [4.69, 9.17) is 18.9 Å². The quantitative estimate of drug-likeness (QED) is 0.720. The number of nitrogens with zero attached hydrogens (tertiary/aromatic N) is 1. The first-order valence-corrected chi connectivity index (χ1v) is 10.9. The highest BCUT2D eigenvalue weighted by molar-refractivity contribution is 5.93. The molecule has 0 radical (unpaired) electrons. The van der Waals surface area contributed by atoms with Crippen LogP contribution < -0.4 is 0 Å². The highest BCUT2D eigenvalue weighted by Crippen LogP contribution is 2.73. The topological polar surface area (TPSA) is 77.5 Å². The largest absolute Gasteiger partial charge is 0.492 e. The molecule has 0 aromatic rings. The molecule has 1 N–H and O–H groups in total. The Balaban J connectivity index is 1.48. The fourth-order valence-corrected chi connectivity index (χ4v) is 7.74. The molecule has 1 unspecified atom stereocenters. The Morgan fingerprint density at radius 1 is 1.41 bits per heavy atom. The molecule has 0 aromatic carbocycles. The van der Waals surface area contributed by atoms with Gasteiger partial charge in [0.2, 0.25) is 11.5 Å². The van der Waals surface area contributed by atoms with E-state index in [1.54, 1.807) is 14.0 Å². The first-order valence-electron chi connectivity index (χ1n) is 10.9.